The first-order chi connectivity index (χ1) is 7.56. The van der Waals surface area contributed by atoms with Crippen molar-refractivity contribution >= 4 is 23.7 Å². The van der Waals surface area contributed by atoms with Gasteiger partial charge in [0, 0.05) is 20.6 Å². The Hall–Kier alpha value is -1.24. The Morgan fingerprint density at radius 3 is 2.81 bits per heavy atom. The molecule has 0 aliphatic heterocycles. The van der Waals surface area contributed by atoms with Crippen molar-refractivity contribution in [3.05, 3.63) is 0 Å². The minimum atomic E-state index is -0.850. The van der Waals surface area contributed by atoms with Gasteiger partial charge in [0.1, 0.15) is 0 Å². The molecule has 0 aliphatic carbocycles. The molecule has 6 nitrogen and oxygen atoms in total. The van der Waals surface area contributed by atoms with Crippen LogP contribution in [-0.4, -0.2) is 45.2 Å². The van der Waals surface area contributed by atoms with Crippen molar-refractivity contribution in [3.8, 4) is 0 Å². The minimum Gasteiger partial charge on any atom is -0.481 e. The molecule has 7 heteroatoms. The van der Waals surface area contributed by atoms with Gasteiger partial charge in [-0.25, -0.2) is 0 Å². The highest BCUT2D eigenvalue weighted by molar-refractivity contribution is 7.99. The van der Waals surface area contributed by atoms with Gasteiger partial charge in [0.2, 0.25) is 5.95 Å². The molecule has 90 valence electrons. The van der Waals surface area contributed by atoms with Crippen LogP contribution in [0, 0.1) is 0 Å². The number of rotatable bonds is 6. The molecule has 0 radical (unpaired) electrons. The summed E-state index contributed by atoms with van der Waals surface area (Å²) in [4.78, 5) is 12.4. The van der Waals surface area contributed by atoms with Crippen LogP contribution in [0.15, 0.2) is 5.16 Å². The number of aliphatic carboxylic acids is 1. The van der Waals surface area contributed by atoms with Crippen LogP contribution in [0.1, 0.15) is 13.3 Å². The van der Waals surface area contributed by atoms with Gasteiger partial charge in [-0.2, -0.15) is 0 Å². The van der Waals surface area contributed by atoms with E-state index in [1.165, 1.54) is 11.8 Å². The number of hydrogen-bond acceptors (Lipinski definition) is 5. The normalized spacial score (nSPS) is 10.4. The quantitative estimate of drug-likeness (QED) is 0.748. The second kappa shape index (κ2) is 5.74. The predicted molar refractivity (Wildman–Crippen MR) is 62.9 cm³/mol. The molecule has 0 bridgehead atoms. The zero-order valence-corrected chi connectivity index (χ0v) is 10.5. The molecule has 0 unspecified atom stereocenters. The van der Waals surface area contributed by atoms with Crippen molar-refractivity contribution in [3.63, 3.8) is 0 Å². The molecule has 1 heterocycles. The first-order valence-corrected chi connectivity index (χ1v) is 6.00. The monoisotopic (exact) mass is 244 g/mol. The average molecular weight is 244 g/mol. The summed E-state index contributed by atoms with van der Waals surface area (Å²) in [5.74, 6) is -0.0880. The number of nitrogens with zero attached hydrogens (tertiary/aromatic N) is 4. The summed E-state index contributed by atoms with van der Waals surface area (Å²) >= 11 is 1.17. The van der Waals surface area contributed by atoms with Gasteiger partial charge in [-0.3, -0.25) is 9.36 Å². The van der Waals surface area contributed by atoms with Crippen LogP contribution in [0.5, 0.6) is 0 Å². The Balaban J connectivity index is 2.71. The molecule has 1 rings (SSSR count). The second-order valence-corrected chi connectivity index (χ2v) is 4.39. The lowest BCUT2D eigenvalue weighted by molar-refractivity contribution is -0.133. The van der Waals surface area contributed by atoms with Crippen LogP contribution in [0.25, 0.3) is 0 Å². The van der Waals surface area contributed by atoms with Gasteiger partial charge < -0.3 is 10.0 Å². The highest BCUT2D eigenvalue weighted by Gasteiger charge is 2.13. The van der Waals surface area contributed by atoms with Gasteiger partial charge in [-0.05, 0) is 6.42 Å². The second-order valence-electron chi connectivity index (χ2n) is 3.45. The summed E-state index contributed by atoms with van der Waals surface area (Å²) in [6.07, 6.45) is 1.03. The summed E-state index contributed by atoms with van der Waals surface area (Å²) in [6, 6.07) is 0. The van der Waals surface area contributed by atoms with E-state index in [9.17, 15) is 4.79 Å². The standard InChI is InChI=1S/C9H16N4O2S/c1-4-5-12(2)8-10-11-9(13(8)3)16-6-7(14)15/h4-6H2,1-3H3,(H,14,15). The molecule has 0 saturated carbocycles. The van der Waals surface area contributed by atoms with Gasteiger partial charge in [0.25, 0.3) is 0 Å². The van der Waals surface area contributed by atoms with Gasteiger partial charge in [0.15, 0.2) is 5.16 Å². The van der Waals surface area contributed by atoms with E-state index in [1.54, 1.807) is 0 Å². The highest BCUT2D eigenvalue weighted by atomic mass is 32.2. The summed E-state index contributed by atoms with van der Waals surface area (Å²) in [5, 5.41) is 17.2. The van der Waals surface area contributed by atoms with Crippen molar-refractivity contribution in [1.82, 2.24) is 14.8 Å². The third-order valence-corrected chi connectivity index (χ3v) is 3.04. The lowest BCUT2D eigenvalue weighted by Gasteiger charge is -2.16. The van der Waals surface area contributed by atoms with E-state index in [0.29, 0.717) is 5.16 Å². The molecule has 16 heavy (non-hydrogen) atoms. The fourth-order valence-corrected chi connectivity index (χ4v) is 1.95. The van der Waals surface area contributed by atoms with Gasteiger partial charge in [0.05, 0.1) is 5.75 Å². The van der Waals surface area contributed by atoms with E-state index in [1.807, 2.05) is 23.6 Å². The molecular weight excluding hydrogens is 228 g/mol. The zero-order chi connectivity index (χ0) is 12.1. The first-order valence-electron chi connectivity index (χ1n) is 5.01. The first kappa shape index (κ1) is 12.8. The van der Waals surface area contributed by atoms with Gasteiger partial charge in [-0.1, -0.05) is 18.7 Å². The molecule has 1 aromatic heterocycles. The van der Waals surface area contributed by atoms with Crippen LogP contribution < -0.4 is 4.90 Å². The molecule has 0 saturated heterocycles. The molecule has 0 atom stereocenters. The molecule has 0 fully saturated rings. The number of aromatic nitrogens is 3. The van der Waals surface area contributed by atoms with E-state index in [2.05, 4.69) is 17.1 Å². The van der Waals surface area contributed by atoms with Crippen molar-refractivity contribution < 1.29 is 9.90 Å². The van der Waals surface area contributed by atoms with Crippen LogP contribution in [0.4, 0.5) is 5.95 Å². The smallest absolute Gasteiger partial charge is 0.313 e. The van der Waals surface area contributed by atoms with E-state index in [0.717, 1.165) is 18.9 Å². The number of thioether (sulfide) groups is 1. The van der Waals surface area contributed by atoms with E-state index >= 15 is 0 Å². The van der Waals surface area contributed by atoms with E-state index < -0.39 is 5.97 Å². The Kier molecular flexibility index (Phi) is 4.60. The highest BCUT2D eigenvalue weighted by Crippen LogP contribution is 2.19. The summed E-state index contributed by atoms with van der Waals surface area (Å²) in [6.45, 7) is 2.99. The zero-order valence-electron chi connectivity index (χ0n) is 9.67. The van der Waals surface area contributed by atoms with Crippen molar-refractivity contribution in [2.75, 3.05) is 24.2 Å². The number of carbonyl (C=O) groups is 1. The SMILES string of the molecule is CCCN(C)c1nnc(SCC(=O)O)n1C. The van der Waals surface area contributed by atoms with E-state index in [-0.39, 0.29) is 5.75 Å². The minimum absolute atomic E-state index is 0.00344. The molecular formula is C9H16N4O2S. The molecule has 0 amide bonds. The summed E-state index contributed by atoms with van der Waals surface area (Å²) < 4.78 is 1.81. The van der Waals surface area contributed by atoms with Crippen molar-refractivity contribution in [2.24, 2.45) is 7.05 Å². The van der Waals surface area contributed by atoms with Crippen molar-refractivity contribution in [2.45, 2.75) is 18.5 Å². The van der Waals surface area contributed by atoms with E-state index in [4.69, 9.17) is 5.11 Å². The number of hydrogen-bond donors (Lipinski definition) is 1. The maximum atomic E-state index is 10.4. The fourth-order valence-electron chi connectivity index (χ4n) is 1.33. The number of carboxylic acids is 1. The lowest BCUT2D eigenvalue weighted by Crippen LogP contribution is -2.21. The van der Waals surface area contributed by atoms with Crippen LogP contribution in [0.2, 0.25) is 0 Å². The lowest BCUT2D eigenvalue weighted by atomic mass is 10.4. The maximum Gasteiger partial charge on any atom is 0.313 e. The number of anilines is 1. The Morgan fingerprint density at radius 1 is 1.56 bits per heavy atom. The molecule has 0 aliphatic rings. The third kappa shape index (κ3) is 3.13. The summed E-state index contributed by atoms with van der Waals surface area (Å²) in [5.41, 5.74) is 0. The Labute approximate surface area is 98.7 Å². The summed E-state index contributed by atoms with van der Waals surface area (Å²) in [7, 11) is 3.78. The number of carboxylic acid groups (broad SMARTS) is 1. The largest absolute Gasteiger partial charge is 0.481 e. The van der Waals surface area contributed by atoms with Gasteiger partial charge >= 0.3 is 5.97 Å². The van der Waals surface area contributed by atoms with Crippen LogP contribution in [0.3, 0.4) is 0 Å². The predicted octanol–water partition coefficient (Wildman–Crippen LogP) is 0.838. The molecule has 0 spiro atoms. The van der Waals surface area contributed by atoms with Crippen molar-refractivity contribution in [1.29, 1.82) is 0 Å². The topological polar surface area (TPSA) is 71.2 Å². The van der Waals surface area contributed by atoms with Gasteiger partial charge in [-0.15, -0.1) is 10.2 Å². The van der Waals surface area contributed by atoms with Crippen LogP contribution in [-0.2, 0) is 11.8 Å². The third-order valence-electron chi connectivity index (χ3n) is 2.04. The van der Waals surface area contributed by atoms with Crippen LogP contribution >= 0.6 is 11.8 Å². The molecule has 1 N–H and O–H groups in total. The molecule has 0 aromatic carbocycles. The Bertz CT molecular complexity index is 366. The fraction of sp³-hybridized carbons (Fsp3) is 0.667. The average Bonchev–Trinajstić information content (AvgIpc) is 2.57. The maximum absolute atomic E-state index is 10.4. The molecule has 1 aromatic rings. The Morgan fingerprint density at radius 2 is 2.25 bits per heavy atom.